The molecule has 1 unspecified atom stereocenters. The Morgan fingerprint density at radius 3 is 2.00 bits per heavy atom. The Labute approximate surface area is 189 Å². The van der Waals surface area contributed by atoms with Gasteiger partial charge in [0.1, 0.15) is 0 Å². The van der Waals surface area contributed by atoms with E-state index < -0.39 is 6.10 Å². The molecular weight excluding hydrogens is 390 g/mol. The number of aryl methyl sites for hydroxylation is 3. The summed E-state index contributed by atoms with van der Waals surface area (Å²) in [6.07, 6.45) is 3.32. The first-order valence-electron chi connectivity index (χ1n) is 11.6. The standard InChI is InChI=1S/C30H29NO/c32-30(20-17-24-12-5-2-6-13-24)25-18-19-29-27(22-25)26-15-7-8-16-28(26)31(29)21-9-14-23-10-3-1-4-11-23/h1-8,10-13,15-16,18-19,22,30,32H,9,14,17,20-21H2. The van der Waals surface area contributed by atoms with Crippen molar-refractivity contribution in [1.82, 2.24) is 4.57 Å². The molecule has 0 saturated carbocycles. The lowest BCUT2D eigenvalue weighted by Crippen LogP contribution is -2.01. The average molecular weight is 420 g/mol. The van der Waals surface area contributed by atoms with Crippen LogP contribution < -0.4 is 0 Å². The molecule has 2 nitrogen and oxygen atoms in total. The van der Waals surface area contributed by atoms with E-state index in [0.29, 0.717) is 0 Å². The average Bonchev–Trinajstić information content (AvgIpc) is 3.17. The number of hydrogen-bond donors (Lipinski definition) is 1. The molecule has 4 aromatic carbocycles. The van der Waals surface area contributed by atoms with Crippen molar-refractivity contribution in [2.45, 2.75) is 38.3 Å². The molecule has 1 aromatic heterocycles. The van der Waals surface area contributed by atoms with Crippen LogP contribution in [0.25, 0.3) is 21.8 Å². The van der Waals surface area contributed by atoms with Gasteiger partial charge in [-0.1, -0.05) is 84.9 Å². The Hall–Kier alpha value is -3.36. The Morgan fingerprint density at radius 1 is 0.625 bits per heavy atom. The van der Waals surface area contributed by atoms with E-state index in [4.69, 9.17) is 0 Å². The van der Waals surface area contributed by atoms with Gasteiger partial charge in [-0.15, -0.1) is 0 Å². The molecule has 2 heteroatoms. The van der Waals surface area contributed by atoms with Crippen LogP contribution in [0, 0.1) is 0 Å². The van der Waals surface area contributed by atoms with Gasteiger partial charge in [-0.2, -0.15) is 0 Å². The summed E-state index contributed by atoms with van der Waals surface area (Å²) < 4.78 is 2.44. The minimum absolute atomic E-state index is 0.459. The topological polar surface area (TPSA) is 25.2 Å². The van der Waals surface area contributed by atoms with Crippen molar-refractivity contribution in [2.24, 2.45) is 0 Å². The number of nitrogens with zero attached hydrogens (tertiary/aromatic N) is 1. The quantitative estimate of drug-likeness (QED) is 0.285. The summed E-state index contributed by atoms with van der Waals surface area (Å²) in [5, 5.41) is 13.4. The Kier molecular flexibility index (Phi) is 6.04. The van der Waals surface area contributed by atoms with Crippen LogP contribution in [0.3, 0.4) is 0 Å². The van der Waals surface area contributed by atoms with Crippen molar-refractivity contribution in [3.63, 3.8) is 0 Å². The van der Waals surface area contributed by atoms with Gasteiger partial charge >= 0.3 is 0 Å². The summed E-state index contributed by atoms with van der Waals surface area (Å²) >= 11 is 0. The summed E-state index contributed by atoms with van der Waals surface area (Å²) in [5.74, 6) is 0. The SMILES string of the molecule is OC(CCc1ccccc1)c1ccc2c(c1)c1ccccc1n2CCCc1ccccc1. The second-order valence-corrected chi connectivity index (χ2v) is 8.57. The van der Waals surface area contributed by atoms with Crippen LogP contribution in [0.1, 0.15) is 35.6 Å². The fourth-order valence-corrected chi connectivity index (χ4v) is 4.72. The summed E-state index contributed by atoms with van der Waals surface area (Å²) in [7, 11) is 0. The highest BCUT2D eigenvalue weighted by Crippen LogP contribution is 2.32. The first-order valence-corrected chi connectivity index (χ1v) is 11.6. The summed E-state index contributed by atoms with van der Waals surface area (Å²) in [6, 6.07) is 36.2. The molecule has 0 fully saturated rings. The van der Waals surface area contributed by atoms with Gasteiger partial charge in [0.2, 0.25) is 0 Å². The number of benzene rings is 4. The van der Waals surface area contributed by atoms with Crippen LogP contribution in [0.5, 0.6) is 0 Å². The molecule has 160 valence electrons. The third-order valence-corrected chi connectivity index (χ3v) is 6.42. The monoisotopic (exact) mass is 419 g/mol. The first-order chi connectivity index (χ1) is 15.8. The number of fused-ring (bicyclic) bond motifs is 3. The molecular formula is C30H29NO. The molecule has 0 aliphatic rings. The third kappa shape index (κ3) is 4.32. The minimum Gasteiger partial charge on any atom is -0.388 e. The van der Waals surface area contributed by atoms with E-state index in [1.165, 1.54) is 32.9 Å². The van der Waals surface area contributed by atoms with Gasteiger partial charge in [0.25, 0.3) is 0 Å². The molecule has 0 bridgehead atoms. The van der Waals surface area contributed by atoms with Gasteiger partial charge in [0.15, 0.2) is 0 Å². The zero-order chi connectivity index (χ0) is 21.8. The van der Waals surface area contributed by atoms with Crippen molar-refractivity contribution in [2.75, 3.05) is 0 Å². The van der Waals surface area contributed by atoms with Crippen LogP contribution in [-0.4, -0.2) is 9.67 Å². The Balaban J connectivity index is 1.40. The maximum atomic E-state index is 10.9. The molecule has 0 amide bonds. The molecule has 0 radical (unpaired) electrons. The number of para-hydroxylation sites is 1. The molecule has 0 spiro atoms. The number of rotatable bonds is 8. The molecule has 5 aromatic rings. The van der Waals surface area contributed by atoms with Crippen molar-refractivity contribution >= 4 is 21.8 Å². The van der Waals surface area contributed by atoms with Crippen LogP contribution in [0.4, 0.5) is 0 Å². The van der Waals surface area contributed by atoms with Gasteiger partial charge in [-0.05, 0) is 60.6 Å². The van der Waals surface area contributed by atoms with Crippen LogP contribution in [0.2, 0.25) is 0 Å². The molecule has 0 aliphatic carbocycles. The Morgan fingerprint density at radius 2 is 1.25 bits per heavy atom. The van der Waals surface area contributed by atoms with E-state index in [1.54, 1.807) is 0 Å². The molecule has 1 heterocycles. The molecule has 1 N–H and O–H groups in total. The fraction of sp³-hybridized carbons (Fsp3) is 0.200. The second kappa shape index (κ2) is 9.42. The van der Waals surface area contributed by atoms with Gasteiger partial charge in [-0.25, -0.2) is 0 Å². The molecule has 32 heavy (non-hydrogen) atoms. The van der Waals surface area contributed by atoms with E-state index in [1.807, 2.05) is 6.07 Å². The highest BCUT2D eigenvalue weighted by molar-refractivity contribution is 6.08. The number of aliphatic hydroxyl groups excluding tert-OH is 1. The normalized spacial score (nSPS) is 12.4. The lowest BCUT2D eigenvalue weighted by atomic mass is 9.99. The number of aromatic nitrogens is 1. The fourth-order valence-electron chi connectivity index (χ4n) is 4.72. The van der Waals surface area contributed by atoms with E-state index >= 15 is 0 Å². The number of aliphatic hydroxyl groups is 1. The second-order valence-electron chi connectivity index (χ2n) is 8.57. The van der Waals surface area contributed by atoms with Gasteiger partial charge in [0.05, 0.1) is 6.10 Å². The third-order valence-electron chi connectivity index (χ3n) is 6.42. The predicted molar refractivity (Wildman–Crippen MR) is 134 cm³/mol. The van der Waals surface area contributed by atoms with Crippen LogP contribution in [-0.2, 0) is 19.4 Å². The maximum absolute atomic E-state index is 10.9. The zero-order valence-corrected chi connectivity index (χ0v) is 18.3. The first kappa shape index (κ1) is 20.5. The van der Waals surface area contributed by atoms with E-state index in [2.05, 4.69) is 102 Å². The summed E-state index contributed by atoms with van der Waals surface area (Å²) in [4.78, 5) is 0. The van der Waals surface area contributed by atoms with Gasteiger partial charge < -0.3 is 9.67 Å². The predicted octanol–water partition coefficient (Wildman–Crippen LogP) is 7.09. The lowest BCUT2D eigenvalue weighted by Gasteiger charge is -2.12. The molecule has 0 saturated heterocycles. The van der Waals surface area contributed by atoms with Crippen molar-refractivity contribution in [1.29, 1.82) is 0 Å². The Bertz CT molecular complexity index is 1300. The van der Waals surface area contributed by atoms with E-state index in [9.17, 15) is 5.11 Å². The van der Waals surface area contributed by atoms with Crippen molar-refractivity contribution in [3.05, 3.63) is 120 Å². The van der Waals surface area contributed by atoms with Gasteiger partial charge in [0, 0.05) is 28.4 Å². The lowest BCUT2D eigenvalue weighted by molar-refractivity contribution is 0.168. The smallest absolute Gasteiger partial charge is 0.0793 e. The van der Waals surface area contributed by atoms with Crippen molar-refractivity contribution in [3.8, 4) is 0 Å². The highest BCUT2D eigenvalue weighted by Gasteiger charge is 2.14. The molecule has 1 atom stereocenters. The zero-order valence-electron chi connectivity index (χ0n) is 18.3. The van der Waals surface area contributed by atoms with Gasteiger partial charge in [-0.3, -0.25) is 0 Å². The van der Waals surface area contributed by atoms with Crippen LogP contribution >= 0.6 is 0 Å². The highest BCUT2D eigenvalue weighted by atomic mass is 16.3. The number of hydrogen-bond acceptors (Lipinski definition) is 1. The van der Waals surface area contributed by atoms with Crippen LogP contribution in [0.15, 0.2) is 103 Å². The minimum atomic E-state index is -0.459. The summed E-state index contributed by atoms with van der Waals surface area (Å²) in [5.41, 5.74) is 6.17. The summed E-state index contributed by atoms with van der Waals surface area (Å²) in [6.45, 7) is 0.981. The van der Waals surface area contributed by atoms with E-state index in [0.717, 1.165) is 37.8 Å². The van der Waals surface area contributed by atoms with E-state index in [-0.39, 0.29) is 0 Å². The maximum Gasteiger partial charge on any atom is 0.0793 e. The molecule has 5 rings (SSSR count). The van der Waals surface area contributed by atoms with Crippen molar-refractivity contribution < 1.29 is 5.11 Å². The molecule has 0 aliphatic heterocycles. The largest absolute Gasteiger partial charge is 0.388 e.